The SMILES string of the molecule is Cc1cc(NC(=O)N[C@H]2c3ccccc3CC[C@H]2O)nn1C(C)C. The van der Waals surface area contributed by atoms with E-state index in [0.29, 0.717) is 12.2 Å². The number of aryl methyl sites for hydroxylation is 2. The molecule has 0 radical (unpaired) electrons. The summed E-state index contributed by atoms with van der Waals surface area (Å²) in [5.41, 5.74) is 3.15. The number of carbonyl (C=O) groups is 1. The van der Waals surface area contributed by atoms with Crippen LogP contribution in [0.4, 0.5) is 10.6 Å². The van der Waals surface area contributed by atoms with E-state index in [4.69, 9.17) is 0 Å². The first kappa shape index (κ1) is 16.5. The van der Waals surface area contributed by atoms with Gasteiger partial charge in [0.2, 0.25) is 0 Å². The van der Waals surface area contributed by atoms with Gasteiger partial charge in [-0.05, 0) is 44.7 Å². The van der Waals surface area contributed by atoms with Crippen LogP contribution in [0.1, 0.15) is 49.2 Å². The summed E-state index contributed by atoms with van der Waals surface area (Å²) >= 11 is 0. The van der Waals surface area contributed by atoms with E-state index in [-0.39, 0.29) is 12.1 Å². The average Bonchev–Trinajstić information content (AvgIpc) is 2.91. The average molecular weight is 328 g/mol. The predicted octanol–water partition coefficient (Wildman–Crippen LogP) is 2.94. The van der Waals surface area contributed by atoms with Crippen molar-refractivity contribution in [2.24, 2.45) is 0 Å². The van der Waals surface area contributed by atoms with Crippen LogP contribution in [-0.4, -0.2) is 27.0 Å². The van der Waals surface area contributed by atoms with E-state index in [1.165, 1.54) is 5.56 Å². The Balaban J connectivity index is 1.72. The lowest BCUT2D eigenvalue weighted by Crippen LogP contribution is -2.41. The van der Waals surface area contributed by atoms with Crippen LogP contribution in [0.3, 0.4) is 0 Å². The minimum atomic E-state index is -0.583. The molecule has 0 saturated carbocycles. The summed E-state index contributed by atoms with van der Waals surface area (Å²) in [6, 6.07) is 9.22. The maximum Gasteiger partial charge on any atom is 0.321 e. The summed E-state index contributed by atoms with van der Waals surface area (Å²) in [4.78, 5) is 12.3. The Bertz CT molecular complexity index is 738. The zero-order valence-electron chi connectivity index (χ0n) is 14.3. The largest absolute Gasteiger partial charge is 0.391 e. The third-order valence-electron chi connectivity index (χ3n) is 4.42. The highest BCUT2D eigenvalue weighted by Crippen LogP contribution is 2.30. The molecule has 6 heteroatoms. The number of aromatic nitrogens is 2. The topological polar surface area (TPSA) is 79.2 Å². The maximum absolute atomic E-state index is 12.3. The molecular weight excluding hydrogens is 304 g/mol. The molecule has 0 bridgehead atoms. The molecule has 3 rings (SSSR count). The number of hydrogen-bond donors (Lipinski definition) is 3. The second-order valence-corrected chi connectivity index (χ2v) is 6.59. The summed E-state index contributed by atoms with van der Waals surface area (Å²) < 4.78 is 1.86. The zero-order valence-corrected chi connectivity index (χ0v) is 14.3. The van der Waals surface area contributed by atoms with Gasteiger partial charge in [-0.1, -0.05) is 24.3 Å². The molecule has 3 N–H and O–H groups in total. The Morgan fingerprint density at radius 1 is 1.38 bits per heavy atom. The molecular formula is C18H24N4O2. The van der Waals surface area contributed by atoms with E-state index in [9.17, 15) is 9.90 Å². The second-order valence-electron chi connectivity index (χ2n) is 6.59. The van der Waals surface area contributed by atoms with Crippen LogP contribution in [0, 0.1) is 6.92 Å². The van der Waals surface area contributed by atoms with Gasteiger partial charge < -0.3 is 10.4 Å². The molecule has 2 atom stereocenters. The minimum absolute atomic E-state index is 0.232. The fourth-order valence-electron chi connectivity index (χ4n) is 3.28. The fourth-order valence-corrected chi connectivity index (χ4v) is 3.28. The smallest absolute Gasteiger partial charge is 0.321 e. The van der Waals surface area contributed by atoms with Crippen molar-refractivity contribution in [3.05, 3.63) is 47.2 Å². The number of aliphatic hydroxyl groups is 1. The van der Waals surface area contributed by atoms with E-state index in [1.54, 1.807) is 0 Å². The molecule has 0 unspecified atom stereocenters. The molecule has 128 valence electrons. The molecule has 24 heavy (non-hydrogen) atoms. The number of amides is 2. The van der Waals surface area contributed by atoms with Crippen LogP contribution in [0.5, 0.6) is 0 Å². The van der Waals surface area contributed by atoms with Gasteiger partial charge in [0.1, 0.15) is 0 Å². The first-order chi connectivity index (χ1) is 11.5. The molecule has 0 fully saturated rings. The summed E-state index contributed by atoms with van der Waals surface area (Å²) in [5, 5.41) is 20.3. The van der Waals surface area contributed by atoms with Gasteiger partial charge in [0.15, 0.2) is 5.82 Å². The van der Waals surface area contributed by atoms with Crippen molar-refractivity contribution in [1.29, 1.82) is 0 Å². The van der Waals surface area contributed by atoms with Crippen molar-refractivity contribution < 1.29 is 9.90 Å². The number of benzene rings is 1. The van der Waals surface area contributed by atoms with Crippen LogP contribution in [0.2, 0.25) is 0 Å². The third kappa shape index (κ3) is 3.28. The molecule has 1 aromatic carbocycles. The summed E-state index contributed by atoms with van der Waals surface area (Å²) in [6.45, 7) is 6.04. The van der Waals surface area contributed by atoms with Crippen LogP contribution in [0.25, 0.3) is 0 Å². The van der Waals surface area contributed by atoms with E-state index >= 15 is 0 Å². The van der Waals surface area contributed by atoms with Crippen LogP contribution in [0.15, 0.2) is 30.3 Å². The molecule has 0 spiro atoms. The van der Waals surface area contributed by atoms with Gasteiger partial charge in [-0.15, -0.1) is 0 Å². The molecule has 1 aliphatic carbocycles. The second kappa shape index (κ2) is 6.65. The lowest BCUT2D eigenvalue weighted by molar-refractivity contribution is 0.114. The van der Waals surface area contributed by atoms with Crippen LogP contribution >= 0.6 is 0 Å². The highest BCUT2D eigenvalue weighted by molar-refractivity contribution is 5.88. The number of hydrogen-bond acceptors (Lipinski definition) is 3. The first-order valence-electron chi connectivity index (χ1n) is 8.35. The Morgan fingerprint density at radius 2 is 2.12 bits per heavy atom. The number of anilines is 1. The molecule has 0 saturated heterocycles. The highest BCUT2D eigenvalue weighted by atomic mass is 16.3. The zero-order chi connectivity index (χ0) is 17.3. The quantitative estimate of drug-likeness (QED) is 0.810. The number of urea groups is 1. The number of rotatable bonds is 3. The maximum atomic E-state index is 12.3. The van der Waals surface area contributed by atoms with Gasteiger partial charge in [0, 0.05) is 17.8 Å². The summed E-state index contributed by atoms with van der Waals surface area (Å²) in [7, 11) is 0. The van der Waals surface area contributed by atoms with Gasteiger partial charge in [0.05, 0.1) is 12.1 Å². The van der Waals surface area contributed by atoms with Gasteiger partial charge >= 0.3 is 6.03 Å². The number of carbonyl (C=O) groups excluding carboxylic acids is 1. The van der Waals surface area contributed by atoms with E-state index < -0.39 is 12.1 Å². The lowest BCUT2D eigenvalue weighted by Gasteiger charge is -2.30. The Hall–Kier alpha value is -2.34. The van der Waals surface area contributed by atoms with Crippen molar-refractivity contribution in [2.75, 3.05) is 5.32 Å². The van der Waals surface area contributed by atoms with Crippen molar-refractivity contribution in [3.63, 3.8) is 0 Å². The standard InChI is InChI=1S/C18H24N4O2/c1-11(2)22-12(3)10-16(21-22)19-18(24)20-17-14-7-5-4-6-13(14)8-9-15(17)23/h4-7,10-11,15,17,23H,8-9H2,1-3H3,(H2,19,20,21,24)/t15-,17+/m1/s1. The van der Waals surface area contributed by atoms with Crippen LogP contribution < -0.4 is 10.6 Å². The van der Waals surface area contributed by atoms with E-state index in [0.717, 1.165) is 17.7 Å². The lowest BCUT2D eigenvalue weighted by atomic mass is 9.86. The van der Waals surface area contributed by atoms with Crippen LogP contribution in [-0.2, 0) is 6.42 Å². The van der Waals surface area contributed by atoms with Gasteiger partial charge in [0.25, 0.3) is 0 Å². The van der Waals surface area contributed by atoms with Gasteiger partial charge in [-0.3, -0.25) is 10.00 Å². The third-order valence-corrected chi connectivity index (χ3v) is 4.42. The fraction of sp³-hybridized carbons (Fsp3) is 0.444. The van der Waals surface area contributed by atoms with E-state index in [2.05, 4.69) is 15.7 Å². The normalized spacial score (nSPS) is 19.9. The minimum Gasteiger partial charge on any atom is -0.391 e. The van der Waals surface area contributed by atoms with Crippen molar-refractivity contribution >= 4 is 11.8 Å². The molecule has 1 aromatic heterocycles. The van der Waals surface area contributed by atoms with Gasteiger partial charge in [-0.25, -0.2) is 4.79 Å². The number of aliphatic hydroxyl groups excluding tert-OH is 1. The summed E-state index contributed by atoms with van der Waals surface area (Å²) in [5.74, 6) is 0.511. The summed E-state index contributed by atoms with van der Waals surface area (Å²) in [6.07, 6.45) is 0.888. The first-order valence-corrected chi connectivity index (χ1v) is 8.35. The molecule has 2 aromatic rings. The number of nitrogens with one attached hydrogen (secondary N) is 2. The van der Waals surface area contributed by atoms with Crippen molar-refractivity contribution in [1.82, 2.24) is 15.1 Å². The highest BCUT2D eigenvalue weighted by Gasteiger charge is 2.29. The van der Waals surface area contributed by atoms with Crippen molar-refractivity contribution in [2.45, 2.75) is 51.8 Å². The Labute approximate surface area is 141 Å². The van der Waals surface area contributed by atoms with Gasteiger partial charge in [-0.2, -0.15) is 5.10 Å². The van der Waals surface area contributed by atoms with Crippen molar-refractivity contribution in [3.8, 4) is 0 Å². The molecule has 2 amide bonds. The number of fused-ring (bicyclic) bond motifs is 1. The van der Waals surface area contributed by atoms with E-state index in [1.807, 2.05) is 55.8 Å². The number of nitrogens with zero attached hydrogens (tertiary/aromatic N) is 2. The molecule has 6 nitrogen and oxygen atoms in total. The predicted molar refractivity (Wildman–Crippen MR) is 93.0 cm³/mol. The Kier molecular flexibility index (Phi) is 4.57. The monoisotopic (exact) mass is 328 g/mol. The molecule has 1 aliphatic rings. The molecule has 0 aliphatic heterocycles. The molecule has 1 heterocycles. The Morgan fingerprint density at radius 3 is 2.83 bits per heavy atom.